The number of pyridine rings is 1. The average molecular weight is 520 g/mol. The number of benzene rings is 1. The Kier molecular flexibility index (Phi) is 6.57. The van der Waals surface area contributed by atoms with Gasteiger partial charge in [-0.3, -0.25) is 15.0 Å². The van der Waals surface area contributed by atoms with Crippen LogP contribution in [0.1, 0.15) is 32.4 Å². The highest BCUT2D eigenvalue weighted by Crippen LogP contribution is 2.35. The number of hydrogen-bond acceptors (Lipinski definition) is 10. The van der Waals surface area contributed by atoms with Crippen molar-refractivity contribution in [3.8, 4) is 0 Å². The number of aromatic nitrogens is 3. The van der Waals surface area contributed by atoms with Crippen molar-refractivity contribution in [2.75, 3.05) is 22.1 Å². The molecule has 0 spiro atoms. The van der Waals surface area contributed by atoms with Crippen molar-refractivity contribution < 1.29 is 14.5 Å². The first-order chi connectivity index (χ1) is 17.8. The number of nitro groups is 1. The minimum atomic E-state index is -0.484. The number of nitrogens with zero attached hydrogens (tertiary/aromatic N) is 5. The number of cyclic esters (lactones) is 1. The third-order valence-corrected chi connectivity index (χ3v) is 7.08. The van der Waals surface area contributed by atoms with Gasteiger partial charge in [-0.05, 0) is 48.1 Å². The van der Waals surface area contributed by atoms with E-state index < -0.39 is 11.0 Å². The molecule has 190 valence electrons. The third kappa shape index (κ3) is 5.00. The van der Waals surface area contributed by atoms with Gasteiger partial charge in [-0.15, -0.1) is 11.3 Å². The molecule has 1 amide bonds. The second kappa shape index (κ2) is 9.97. The molecule has 4 aromatic rings. The third-order valence-electron chi connectivity index (χ3n) is 6.18. The van der Waals surface area contributed by atoms with Crippen molar-refractivity contribution in [2.45, 2.75) is 32.9 Å². The standard InChI is InChI=1S/C25H25N7O4S/c1-14(2)20-13-36-25(33)31(20)23-22-19(10-11-37-22)29-24(30-23)27-15(3)16-4-6-17(7-5-16)28-21-9-8-18(12-26-21)32(34)35/h4-12,14-15,20H,13H2,1-3H3,(H,26,28)(H,27,29,30)/t15-,20+/m0/s1. The molecule has 0 bridgehead atoms. The van der Waals surface area contributed by atoms with Gasteiger partial charge in [0.05, 0.1) is 27.2 Å². The van der Waals surface area contributed by atoms with Crippen LogP contribution in [0.5, 0.6) is 0 Å². The fourth-order valence-electron chi connectivity index (χ4n) is 4.09. The molecule has 1 aromatic carbocycles. The van der Waals surface area contributed by atoms with Crippen molar-refractivity contribution >= 4 is 56.6 Å². The summed E-state index contributed by atoms with van der Waals surface area (Å²) in [5, 5.41) is 19.2. The normalized spacial score (nSPS) is 16.2. The number of rotatable bonds is 8. The van der Waals surface area contributed by atoms with Crippen LogP contribution in [0.25, 0.3) is 10.2 Å². The van der Waals surface area contributed by atoms with Crippen LogP contribution in [0.3, 0.4) is 0 Å². The summed E-state index contributed by atoms with van der Waals surface area (Å²) in [6, 6.07) is 12.4. The molecule has 1 aliphatic heterocycles. The second-order valence-electron chi connectivity index (χ2n) is 9.04. The summed E-state index contributed by atoms with van der Waals surface area (Å²) in [4.78, 5) is 38.0. The van der Waals surface area contributed by atoms with Crippen LogP contribution in [0.4, 0.5) is 33.8 Å². The molecule has 0 aliphatic carbocycles. The molecule has 0 unspecified atom stereocenters. The van der Waals surface area contributed by atoms with Crippen LogP contribution in [0.2, 0.25) is 0 Å². The van der Waals surface area contributed by atoms with Crippen LogP contribution in [0, 0.1) is 16.0 Å². The van der Waals surface area contributed by atoms with Gasteiger partial charge >= 0.3 is 6.09 Å². The van der Waals surface area contributed by atoms with E-state index >= 15 is 0 Å². The van der Waals surface area contributed by atoms with Gasteiger partial charge in [-0.2, -0.15) is 4.98 Å². The molecule has 0 saturated carbocycles. The molecule has 5 rings (SSSR count). The van der Waals surface area contributed by atoms with Crippen molar-refractivity contribution in [3.05, 3.63) is 69.7 Å². The predicted octanol–water partition coefficient (Wildman–Crippen LogP) is 5.89. The van der Waals surface area contributed by atoms with Crippen LogP contribution in [0.15, 0.2) is 54.0 Å². The van der Waals surface area contributed by atoms with E-state index in [4.69, 9.17) is 9.72 Å². The topological polar surface area (TPSA) is 135 Å². The number of ether oxygens (including phenoxy) is 1. The summed E-state index contributed by atoms with van der Waals surface area (Å²) >= 11 is 1.50. The molecule has 4 heterocycles. The van der Waals surface area contributed by atoms with E-state index in [-0.39, 0.29) is 23.7 Å². The molecule has 2 N–H and O–H groups in total. The summed E-state index contributed by atoms with van der Waals surface area (Å²) in [5.41, 5.74) is 2.50. The van der Waals surface area contributed by atoms with Gasteiger partial charge in [0.25, 0.3) is 5.69 Å². The highest BCUT2D eigenvalue weighted by atomic mass is 32.1. The van der Waals surface area contributed by atoms with E-state index in [1.54, 1.807) is 11.0 Å². The Bertz CT molecular complexity index is 1440. The number of thiophene rings is 1. The van der Waals surface area contributed by atoms with Gasteiger partial charge in [0.1, 0.15) is 18.6 Å². The molecule has 0 radical (unpaired) electrons. The SMILES string of the molecule is CC(C)[C@H]1COC(=O)N1c1nc(N[C@@H](C)c2ccc(Nc3ccc([N+](=O)[O-])cn3)cc2)nc2ccsc12. The van der Waals surface area contributed by atoms with E-state index in [9.17, 15) is 14.9 Å². The molecule has 1 saturated heterocycles. The zero-order valence-corrected chi connectivity index (χ0v) is 21.2. The molecular weight excluding hydrogens is 494 g/mol. The first kappa shape index (κ1) is 24.4. The maximum Gasteiger partial charge on any atom is 0.415 e. The Morgan fingerprint density at radius 1 is 1.14 bits per heavy atom. The molecule has 2 atom stereocenters. The lowest BCUT2D eigenvalue weighted by Gasteiger charge is -2.24. The highest BCUT2D eigenvalue weighted by Gasteiger charge is 2.38. The van der Waals surface area contributed by atoms with Gasteiger partial charge in [0.15, 0.2) is 5.82 Å². The largest absolute Gasteiger partial charge is 0.447 e. The lowest BCUT2D eigenvalue weighted by atomic mass is 10.0. The van der Waals surface area contributed by atoms with Gasteiger partial charge in [-0.1, -0.05) is 26.0 Å². The molecule has 1 aliphatic rings. The quantitative estimate of drug-likeness (QED) is 0.216. The van der Waals surface area contributed by atoms with Gasteiger partial charge in [0, 0.05) is 11.8 Å². The van der Waals surface area contributed by atoms with Crippen LogP contribution in [-0.4, -0.2) is 38.6 Å². The number of carbonyl (C=O) groups excluding carboxylic acids is 1. The van der Waals surface area contributed by atoms with Crippen LogP contribution >= 0.6 is 11.3 Å². The van der Waals surface area contributed by atoms with Crippen LogP contribution < -0.4 is 15.5 Å². The Hall–Kier alpha value is -4.32. The highest BCUT2D eigenvalue weighted by molar-refractivity contribution is 7.17. The van der Waals surface area contributed by atoms with Gasteiger partial charge in [0.2, 0.25) is 5.95 Å². The van der Waals surface area contributed by atoms with E-state index in [1.807, 2.05) is 42.6 Å². The molecule has 12 heteroatoms. The number of anilines is 4. The Balaban J connectivity index is 1.34. The van der Waals surface area contributed by atoms with Crippen LogP contribution in [-0.2, 0) is 4.74 Å². The second-order valence-corrected chi connectivity index (χ2v) is 9.95. The number of hydrogen-bond donors (Lipinski definition) is 2. The fourth-order valence-corrected chi connectivity index (χ4v) is 4.91. The minimum absolute atomic E-state index is 0.0619. The molecule has 3 aromatic heterocycles. The van der Waals surface area contributed by atoms with Crippen molar-refractivity contribution in [3.63, 3.8) is 0 Å². The first-order valence-corrected chi connectivity index (χ1v) is 12.6. The first-order valence-electron chi connectivity index (χ1n) is 11.8. The summed E-state index contributed by atoms with van der Waals surface area (Å²) in [6.07, 6.45) is 0.823. The van der Waals surface area contributed by atoms with E-state index in [1.165, 1.54) is 23.6 Å². The monoisotopic (exact) mass is 519 g/mol. The average Bonchev–Trinajstić information content (AvgIpc) is 3.51. The summed E-state index contributed by atoms with van der Waals surface area (Å²) in [5.74, 6) is 1.70. The summed E-state index contributed by atoms with van der Waals surface area (Å²) in [6.45, 7) is 6.46. The molecular formula is C25H25N7O4S. The maximum atomic E-state index is 12.6. The number of carbonyl (C=O) groups is 1. The smallest absolute Gasteiger partial charge is 0.415 e. The Labute approximate surface area is 216 Å². The van der Waals surface area contributed by atoms with Gasteiger partial charge in [-0.25, -0.2) is 14.8 Å². The van der Waals surface area contributed by atoms with E-state index in [0.717, 1.165) is 21.5 Å². The van der Waals surface area contributed by atoms with Crippen molar-refractivity contribution in [2.24, 2.45) is 5.92 Å². The molecule has 11 nitrogen and oxygen atoms in total. The maximum absolute atomic E-state index is 12.6. The lowest BCUT2D eigenvalue weighted by Crippen LogP contribution is -2.38. The number of fused-ring (bicyclic) bond motifs is 1. The van der Waals surface area contributed by atoms with Gasteiger partial charge < -0.3 is 15.4 Å². The predicted molar refractivity (Wildman–Crippen MR) is 143 cm³/mol. The zero-order valence-electron chi connectivity index (χ0n) is 20.4. The molecule has 37 heavy (non-hydrogen) atoms. The van der Waals surface area contributed by atoms with Crippen molar-refractivity contribution in [1.82, 2.24) is 15.0 Å². The minimum Gasteiger partial charge on any atom is -0.447 e. The molecule has 1 fully saturated rings. The zero-order chi connectivity index (χ0) is 26.1. The Morgan fingerprint density at radius 3 is 2.59 bits per heavy atom. The van der Waals surface area contributed by atoms with Crippen molar-refractivity contribution in [1.29, 1.82) is 0 Å². The van der Waals surface area contributed by atoms with E-state index in [0.29, 0.717) is 24.2 Å². The number of amides is 1. The summed E-state index contributed by atoms with van der Waals surface area (Å²) in [7, 11) is 0. The number of nitrogens with one attached hydrogen (secondary N) is 2. The summed E-state index contributed by atoms with van der Waals surface area (Å²) < 4.78 is 6.20. The Morgan fingerprint density at radius 2 is 1.92 bits per heavy atom. The lowest BCUT2D eigenvalue weighted by molar-refractivity contribution is -0.385. The fraction of sp³-hybridized carbons (Fsp3) is 0.280. The van der Waals surface area contributed by atoms with E-state index in [2.05, 4.69) is 34.4 Å².